The van der Waals surface area contributed by atoms with Crippen LogP contribution in [0.3, 0.4) is 0 Å². The Balaban J connectivity index is 2.09. The molecule has 0 saturated heterocycles. The molecular formula is C14H12BrNO. The first kappa shape index (κ1) is 10.8. The summed E-state index contributed by atoms with van der Waals surface area (Å²) in [5.41, 5.74) is 4.56. The molecule has 0 bridgehead atoms. The predicted octanol–water partition coefficient (Wildman–Crippen LogP) is 4.24. The van der Waals surface area contributed by atoms with Gasteiger partial charge in [0.15, 0.2) is 0 Å². The largest absolute Gasteiger partial charge is 0.494 e. The lowest BCUT2D eigenvalue weighted by Gasteiger charge is -2.13. The molecule has 1 aromatic carbocycles. The summed E-state index contributed by atoms with van der Waals surface area (Å²) in [4.78, 5) is 4.65. The summed E-state index contributed by atoms with van der Waals surface area (Å²) in [5.74, 6) is 0.949. The van der Waals surface area contributed by atoms with Crippen LogP contribution in [0.5, 0.6) is 0 Å². The van der Waals surface area contributed by atoms with Gasteiger partial charge >= 0.3 is 0 Å². The minimum atomic E-state index is 0.699. The molecule has 0 aromatic heterocycles. The quantitative estimate of drug-likeness (QED) is 0.798. The fourth-order valence-corrected chi connectivity index (χ4v) is 2.77. The van der Waals surface area contributed by atoms with Gasteiger partial charge in [-0.3, -0.25) is 4.99 Å². The molecule has 2 nitrogen and oxygen atoms in total. The maximum Gasteiger partial charge on any atom is 0.116 e. The van der Waals surface area contributed by atoms with Crippen LogP contribution < -0.4 is 0 Å². The van der Waals surface area contributed by atoms with E-state index in [2.05, 4.69) is 39.1 Å². The minimum absolute atomic E-state index is 0.699. The van der Waals surface area contributed by atoms with Gasteiger partial charge < -0.3 is 4.74 Å². The zero-order chi connectivity index (χ0) is 11.8. The van der Waals surface area contributed by atoms with Gasteiger partial charge in [0.05, 0.1) is 18.0 Å². The van der Waals surface area contributed by atoms with Crippen LogP contribution in [0.1, 0.15) is 18.9 Å². The van der Waals surface area contributed by atoms with E-state index in [1.807, 2.05) is 19.1 Å². The fraction of sp³-hybridized carbons (Fsp3) is 0.214. The average Bonchev–Trinajstić information content (AvgIpc) is 2.68. The molecule has 2 aliphatic rings. The Morgan fingerprint density at radius 2 is 2.29 bits per heavy atom. The van der Waals surface area contributed by atoms with Crippen LogP contribution in [0, 0.1) is 0 Å². The van der Waals surface area contributed by atoms with Crippen molar-refractivity contribution < 1.29 is 4.74 Å². The summed E-state index contributed by atoms with van der Waals surface area (Å²) in [7, 11) is 0. The molecule has 1 aliphatic heterocycles. The van der Waals surface area contributed by atoms with Crippen molar-refractivity contribution in [2.75, 3.05) is 6.61 Å². The highest BCUT2D eigenvalue weighted by molar-refractivity contribution is 9.10. The second-order valence-electron chi connectivity index (χ2n) is 3.99. The second-order valence-corrected chi connectivity index (χ2v) is 4.85. The lowest BCUT2D eigenvalue weighted by molar-refractivity contribution is 0.241. The minimum Gasteiger partial charge on any atom is -0.494 e. The van der Waals surface area contributed by atoms with E-state index < -0.39 is 0 Å². The summed E-state index contributed by atoms with van der Waals surface area (Å²) in [6.07, 6.45) is 5.02. The molecule has 0 saturated carbocycles. The number of aliphatic imine (C=N–C) groups is 1. The molecule has 86 valence electrons. The topological polar surface area (TPSA) is 21.6 Å². The molecule has 0 atom stereocenters. The van der Waals surface area contributed by atoms with Gasteiger partial charge in [-0.25, -0.2) is 0 Å². The van der Waals surface area contributed by atoms with Crippen molar-refractivity contribution >= 4 is 32.9 Å². The first-order valence-electron chi connectivity index (χ1n) is 5.71. The number of hydrogen-bond donors (Lipinski definition) is 0. The molecule has 3 rings (SSSR count). The zero-order valence-corrected chi connectivity index (χ0v) is 11.1. The number of ether oxygens (including phenoxy) is 1. The number of allylic oxidation sites excluding steroid dienone is 3. The SMILES string of the molecule is CCOC1=CCC2=Nc3cccc(Br)c3C2=C1. The molecule has 0 amide bonds. The van der Waals surface area contributed by atoms with Crippen molar-refractivity contribution in [3.63, 3.8) is 0 Å². The monoisotopic (exact) mass is 289 g/mol. The molecular weight excluding hydrogens is 278 g/mol. The summed E-state index contributed by atoms with van der Waals surface area (Å²) in [6.45, 7) is 2.70. The lowest BCUT2D eigenvalue weighted by Crippen LogP contribution is -2.04. The van der Waals surface area contributed by atoms with Gasteiger partial charge in [0, 0.05) is 22.0 Å². The number of benzene rings is 1. The second kappa shape index (κ2) is 4.15. The molecule has 0 unspecified atom stereocenters. The van der Waals surface area contributed by atoms with E-state index in [-0.39, 0.29) is 0 Å². The highest BCUT2D eigenvalue weighted by atomic mass is 79.9. The number of hydrogen-bond acceptors (Lipinski definition) is 2. The van der Waals surface area contributed by atoms with E-state index in [1.165, 1.54) is 11.1 Å². The Morgan fingerprint density at radius 3 is 3.12 bits per heavy atom. The lowest BCUT2D eigenvalue weighted by atomic mass is 9.97. The van der Waals surface area contributed by atoms with Crippen LogP contribution in [0.4, 0.5) is 5.69 Å². The van der Waals surface area contributed by atoms with Gasteiger partial charge in [-0.2, -0.15) is 0 Å². The number of halogens is 1. The van der Waals surface area contributed by atoms with Crippen molar-refractivity contribution in [2.45, 2.75) is 13.3 Å². The third kappa shape index (κ3) is 1.75. The van der Waals surface area contributed by atoms with Crippen molar-refractivity contribution in [3.05, 3.63) is 46.1 Å². The summed E-state index contributed by atoms with van der Waals surface area (Å²) >= 11 is 3.59. The molecule has 0 N–H and O–H groups in total. The van der Waals surface area contributed by atoms with E-state index in [4.69, 9.17) is 4.74 Å². The molecule has 1 aromatic rings. The van der Waals surface area contributed by atoms with Crippen molar-refractivity contribution in [1.82, 2.24) is 0 Å². The van der Waals surface area contributed by atoms with E-state index in [0.29, 0.717) is 6.61 Å². The van der Waals surface area contributed by atoms with Crippen LogP contribution in [-0.4, -0.2) is 12.3 Å². The van der Waals surface area contributed by atoms with Crippen molar-refractivity contribution in [3.8, 4) is 0 Å². The highest BCUT2D eigenvalue weighted by Crippen LogP contribution is 2.42. The van der Waals surface area contributed by atoms with Gasteiger partial charge in [0.1, 0.15) is 5.76 Å². The zero-order valence-electron chi connectivity index (χ0n) is 9.53. The molecule has 0 spiro atoms. The third-order valence-electron chi connectivity index (χ3n) is 2.92. The number of nitrogens with zero attached hydrogens (tertiary/aromatic N) is 1. The smallest absolute Gasteiger partial charge is 0.116 e. The third-order valence-corrected chi connectivity index (χ3v) is 3.58. The Bertz CT molecular complexity index is 570. The standard InChI is InChI=1S/C14H12BrNO/c1-2-17-9-6-7-12-10(8-9)14-11(15)4-3-5-13(14)16-12/h3-6,8H,2,7H2,1H3. The van der Waals surface area contributed by atoms with Crippen molar-refractivity contribution in [1.29, 1.82) is 0 Å². The Kier molecular flexibility index (Phi) is 2.63. The van der Waals surface area contributed by atoms with Gasteiger partial charge in [-0.05, 0) is 31.2 Å². The highest BCUT2D eigenvalue weighted by Gasteiger charge is 2.25. The van der Waals surface area contributed by atoms with Crippen LogP contribution in [0.25, 0.3) is 5.57 Å². The predicted molar refractivity (Wildman–Crippen MR) is 73.5 cm³/mol. The first-order chi connectivity index (χ1) is 8.29. The van der Waals surface area contributed by atoms with E-state index >= 15 is 0 Å². The average molecular weight is 290 g/mol. The summed E-state index contributed by atoms with van der Waals surface area (Å²) < 4.78 is 6.66. The first-order valence-corrected chi connectivity index (χ1v) is 6.50. The van der Waals surface area contributed by atoms with Crippen molar-refractivity contribution in [2.24, 2.45) is 4.99 Å². The fourth-order valence-electron chi connectivity index (χ4n) is 2.20. The number of rotatable bonds is 2. The van der Waals surface area contributed by atoms with Gasteiger partial charge in [-0.1, -0.05) is 22.0 Å². The summed E-state index contributed by atoms with van der Waals surface area (Å²) in [6, 6.07) is 6.12. The molecule has 1 heterocycles. The normalized spacial score (nSPS) is 16.7. The van der Waals surface area contributed by atoms with Crippen LogP contribution in [0.15, 0.2) is 45.6 Å². The van der Waals surface area contributed by atoms with Gasteiger partial charge in [-0.15, -0.1) is 0 Å². The Morgan fingerprint density at radius 1 is 1.41 bits per heavy atom. The van der Waals surface area contributed by atoms with Gasteiger partial charge in [0.2, 0.25) is 0 Å². The maximum absolute atomic E-state index is 5.56. The van der Waals surface area contributed by atoms with Crippen LogP contribution in [-0.2, 0) is 4.74 Å². The molecule has 1 aliphatic carbocycles. The molecule has 0 fully saturated rings. The van der Waals surface area contributed by atoms with Crippen LogP contribution in [0.2, 0.25) is 0 Å². The Labute approximate surface area is 109 Å². The number of fused-ring (bicyclic) bond motifs is 3. The molecule has 0 radical (unpaired) electrons. The summed E-state index contributed by atoms with van der Waals surface area (Å²) in [5, 5.41) is 0. The van der Waals surface area contributed by atoms with Crippen LogP contribution >= 0.6 is 15.9 Å². The van der Waals surface area contributed by atoms with E-state index in [1.54, 1.807) is 0 Å². The van der Waals surface area contributed by atoms with Gasteiger partial charge in [0.25, 0.3) is 0 Å². The van der Waals surface area contributed by atoms with E-state index in [9.17, 15) is 0 Å². The maximum atomic E-state index is 5.56. The molecule has 17 heavy (non-hydrogen) atoms. The molecule has 3 heteroatoms. The van der Waals surface area contributed by atoms with E-state index in [0.717, 1.165) is 28.1 Å². The Hall–Kier alpha value is -1.35.